The summed E-state index contributed by atoms with van der Waals surface area (Å²) >= 11 is 3.72. The zero-order valence-corrected chi connectivity index (χ0v) is 14.2. The zero-order valence-electron chi connectivity index (χ0n) is 12.6. The molecule has 1 N–H and O–H groups in total. The van der Waals surface area contributed by atoms with Gasteiger partial charge in [0.2, 0.25) is 5.91 Å². The third kappa shape index (κ3) is 6.78. The molecule has 0 radical (unpaired) electrons. The summed E-state index contributed by atoms with van der Waals surface area (Å²) in [5.74, 6) is 1.55. The van der Waals surface area contributed by atoms with Gasteiger partial charge in [-0.2, -0.15) is 0 Å². The second kappa shape index (κ2) is 9.79. The Balaban J connectivity index is 2.22. The molecule has 0 aliphatic heterocycles. The Morgan fingerprint density at radius 2 is 1.74 bits per heavy atom. The van der Waals surface area contributed by atoms with Gasteiger partial charge in [-0.3, -0.25) is 4.79 Å². The van der Waals surface area contributed by atoms with Crippen LogP contribution in [-0.4, -0.2) is 17.3 Å². The third-order valence-electron chi connectivity index (χ3n) is 4.50. The fourth-order valence-electron chi connectivity index (χ4n) is 3.08. The van der Waals surface area contributed by atoms with Crippen LogP contribution >= 0.6 is 15.9 Å². The number of rotatable bonds is 7. The molecule has 3 heteroatoms. The summed E-state index contributed by atoms with van der Waals surface area (Å²) in [4.78, 5) is 12.4. The van der Waals surface area contributed by atoms with E-state index in [9.17, 15) is 4.79 Å². The van der Waals surface area contributed by atoms with Crippen LogP contribution in [0.5, 0.6) is 0 Å². The van der Waals surface area contributed by atoms with Crippen LogP contribution in [0.4, 0.5) is 0 Å². The van der Waals surface area contributed by atoms with E-state index in [2.05, 4.69) is 35.1 Å². The minimum Gasteiger partial charge on any atom is -0.355 e. The van der Waals surface area contributed by atoms with Gasteiger partial charge in [-0.15, -0.1) is 0 Å². The third-order valence-corrected chi connectivity index (χ3v) is 5.57. The van der Waals surface area contributed by atoms with Gasteiger partial charge in [0.25, 0.3) is 0 Å². The molecule has 2 nitrogen and oxygen atoms in total. The van der Waals surface area contributed by atoms with Gasteiger partial charge in [-0.1, -0.05) is 68.3 Å². The molecule has 112 valence electrons. The lowest BCUT2D eigenvalue weighted by atomic mass is 9.96. The first-order valence-electron chi connectivity index (χ1n) is 8.08. The first kappa shape index (κ1) is 17.0. The van der Waals surface area contributed by atoms with E-state index in [-0.39, 0.29) is 5.91 Å². The number of hydrogen-bond donors (Lipinski definition) is 1. The number of amides is 1. The van der Waals surface area contributed by atoms with Crippen molar-refractivity contribution in [3.05, 3.63) is 0 Å². The number of alkyl halides is 1. The van der Waals surface area contributed by atoms with E-state index < -0.39 is 0 Å². The normalized spacial score (nSPS) is 19.2. The predicted octanol–water partition coefficient (Wildman–Crippen LogP) is 4.66. The molecule has 0 saturated heterocycles. The van der Waals surface area contributed by atoms with Crippen molar-refractivity contribution in [3.8, 4) is 0 Å². The second-order valence-corrected chi connectivity index (χ2v) is 7.13. The first-order chi connectivity index (χ1) is 9.17. The highest BCUT2D eigenvalue weighted by Gasteiger charge is 2.18. The van der Waals surface area contributed by atoms with Crippen LogP contribution in [0, 0.1) is 11.8 Å². The van der Waals surface area contributed by atoms with Crippen molar-refractivity contribution in [2.45, 2.75) is 76.5 Å². The largest absolute Gasteiger partial charge is 0.355 e. The van der Waals surface area contributed by atoms with Gasteiger partial charge in [0.1, 0.15) is 0 Å². The minimum atomic E-state index is 0.252. The summed E-state index contributed by atoms with van der Waals surface area (Å²) in [6, 6.07) is 0. The maximum Gasteiger partial charge on any atom is 0.220 e. The Morgan fingerprint density at radius 1 is 1.16 bits per heavy atom. The molecule has 1 aliphatic carbocycles. The van der Waals surface area contributed by atoms with Crippen LogP contribution < -0.4 is 5.32 Å². The molecule has 1 amide bonds. The van der Waals surface area contributed by atoms with Gasteiger partial charge in [-0.25, -0.2) is 0 Å². The first-order valence-corrected chi connectivity index (χ1v) is 8.99. The number of nitrogens with one attached hydrogen (secondary N) is 1. The highest BCUT2D eigenvalue weighted by atomic mass is 79.9. The quantitative estimate of drug-likeness (QED) is 0.533. The smallest absolute Gasteiger partial charge is 0.220 e. The Labute approximate surface area is 127 Å². The summed E-state index contributed by atoms with van der Waals surface area (Å²) < 4.78 is 0. The van der Waals surface area contributed by atoms with Crippen LogP contribution in [-0.2, 0) is 4.79 Å². The Bertz CT molecular complexity index is 245. The van der Waals surface area contributed by atoms with Crippen LogP contribution in [0.15, 0.2) is 0 Å². The Morgan fingerprint density at radius 3 is 2.26 bits per heavy atom. The predicted molar refractivity (Wildman–Crippen MR) is 85.6 cm³/mol. The van der Waals surface area contributed by atoms with E-state index in [0.29, 0.717) is 16.7 Å². The molecular weight excluding hydrogens is 302 g/mol. The van der Waals surface area contributed by atoms with Crippen LogP contribution in [0.3, 0.4) is 0 Å². The molecule has 0 bridgehead atoms. The number of halogens is 1. The van der Waals surface area contributed by atoms with Gasteiger partial charge in [0.05, 0.1) is 0 Å². The van der Waals surface area contributed by atoms with Crippen molar-refractivity contribution in [3.63, 3.8) is 0 Å². The lowest BCUT2D eigenvalue weighted by molar-refractivity contribution is -0.122. The SMILES string of the molecule is CCC(CC)C(Br)CNC(=O)CC1CCCCCC1. The van der Waals surface area contributed by atoms with Crippen LogP contribution in [0.1, 0.15) is 71.6 Å². The molecule has 19 heavy (non-hydrogen) atoms. The Kier molecular flexibility index (Phi) is 8.76. The van der Waals surface area contributed by atoms with E-state index in [1.807, 2.05) is 0 Å². The molecule has 1 unspecified atom stereocenters. The van der Waals surface area contributed by atoms with E-state index in [1.165, 1.54) is 51.4 Å². The number of hydrogen-bond acceptors (Lipinski definition) is 1. The van der Waals surface area contributed by atoms with Crippen LogP contribution in [0.2, 0.25) is 0 Å². The maximum atomic E-state index is 12.0. The van der Waals surface area contributed by atoms with E-state index in [0.717, 1.165) is 13.0 Å². The van der Waals surface area contributed by atoms with E-state index in [1.54, 1.807) is 0 Å². The molecule has 1 atom stereocenters. The number of carbonyl (C=O) groups is 1. The number of carbonyl (C=O) groups excluding carboxylic acids is 1. The summed E-state index contributed by atoms with van der Waals surface area (Å²) in [5.41, 5.74) is 0. The van der Waals surface area contributed by atoms with Gasteiger partial charge >= 0.3 is 0 Å². The highest BCUT2D eigenvalue weighted by Crippen LogP contribution is 2.25. The molecule has 0 heterocycles. The minimum absolute atomic E-state index is 0.252. The maximum absolute atomic E-state index is 12.0. The van der Waals surface area contributed by atoms with Crippen LogP contribution in [0.25, 0.3) is 0 Å². The summed E-state index contributed by atoms with van der Waals surface area (Å²) in [7, 11) is 0. The van der Waals surface area contributed by atoms with E-state index in [4.69, 9.17) is 0 Å². The molecule has 0 aromatic rings. The second-order valence-electron chi connectivity index (χ2n) is 5.96. The zero-order chi connectivity index (χ0) is 14.1. The van der Waals surface area contributed by atoms with Gasteiger partial charge in [0, 0.05) is 17.8 Å². The molecule has 1 fully saturated rings. The summed E-state index contributed by atoms with van der Waals surface area (Å²) in [5, 5.41) is 3.11. The van der Waals surface area contributed by atoms with Crippen molar-refractivity contribution < 1.29 is 4.79 Å². The molecule has 0 aromatic carbocycles. The van der Waals surface area contributed by atoms with Crippen molar-refractivity contribution in [2.24, 2.45) is 11.8 Å². The van der Waals surface area contributed by atoms with Gasteiger partial charge in [-0.05, 0) is 24.7 Å². The topological polar surface area (TPSA) is 29.1 Å². The average Bonchev–Trinajstić information content (AvgIpc) is 2.66. The monoisotopic (exact) mass is 331 g/mol. The highest BCUT2D eigenvalue weighted by molar-refractivity contribution is 9.09. The fraction of sp³-hybridized carbons (Fsp3) is 0.938. The molecule has 1 aliphatic rings. The lowest BCUT2D eigenvalue weighted by Gasteiger charge is -2.20. The van der Waals surface area contributed by atoms with Crippen molar-refractivity contribution in [1.82, 2.24) is 5.32 Å². The van der Waals surface area contributed by atoms with Crippen molar-refractivity contribution in [1.29, 1.82) is 0 Å². The van der Waals surface area contributed by atoms with E-state index >= 15 is 0 Å². The van der Waals surface area contributed by atoms with Crippen molar-refractivity contribution >= 4 is 21.8 Å². The Hall–Kier alpha value is -0.0500. The summed E-state index contributed by atoms with van der Waals surface area (Å²) in [6.45, 7) is 5.21. The molecule has 1 rings (SSSR count). The molecule has 1 saturated carbocycles. The van der Waals surface area contributed by atoms with Crippen molar-refractivity contribution in [2.75, 3.05) is 6.54 Å². The van der Waals surface area contributed by atoms with Gasteiger partial charge in [0.15, 0.2) is 0 Å². The standard InChI is InChI=1S/C16H30BrNO/c1-3-14(4-2)15(17)12-18-16(19)11-13-9-7-5-6-8-10-13/h13-15H,3-12H2,1-2H3,(H,18,19). The summed E-state index contributed by atoms with van der Waals surface area (Å²) in [6.07, 6.45) is 10.9. The fourth-order valence-corrected chi connectivity index (χ4v) is 3.99. The lowest BCUT2D eigenvalue weighted by Crippen LogP contribution is -2.33. The molecular formula is C16H30BrNO. The van der Waals surface area contributed by atoms with Gasteiger partial charge < -0.3 is 5.32 Å². The molecule has 0 aromatic heterocycles. The molecule has 0 spiro atoms. The average molecular weight is 332 g/mol.